The van der Waals surface area contributed by atoms with Gasteiger partial charge in [-0.2, -0.15) is 5.10 Å². The fraction of sp³-hybridized carbons (Fsp3) is 0.357. The number of nitrogens with zero attached hydrogens (tertiary/aromatic N) is 2. The molecule has 0 radical (unpaired) electrons. The van der Waals surface area contributed by atoms with E-state index in [-0.39, 0.29) is 0 Å². The van der Waals surface area contributed by atoms with Crippen molar-refractivity contribution in [1.29, 1.82) is 0 Å². The molecule has 17 heavy (non-hydrogen) atoms. The summed E-state index contributed by atoms with van der Waals surface area (Å²) in [4.78, 5) is 0. The van der Waals surface area contributed by atoms with Crippen LogP contribution in [0.1, 0.15) is 35.6 Å². The van der Waals surface area contributed by atoms with Gasteiger partial charge in [0.15, 0.2) is 0 Å². The normalized spacial score (nSPS) is 15.2. The maximum Gasteiger partial charge on any atom is 0.0678 e. The number of hydrogen-bond donors (Lipinski definition) is 0. The summed E-state index contributed by atoms with van der Waals surface area (Å²) < 4.78 is 2.07. The van der Waals surface area contributed by atoms with Crippen molar-refractivity contribution in [2.45, 2.75) is 31.6 Å². The lowest BCUT2D eigenvalue weighted by molar-refractivity contribution is 0.800. The van der Waals surface area contributed by atoms with Crippen molar-refractivity contribution < 1.29 is 0 Å². The third-order valence-electron chi connectivity index (χ3n) is 3.34. The summed E-state index contributed by atoms with van der Waals surface area (Å²) in [6.07, 6.45) is 4.44. The molecular formula is C14H15ClN2. The number of aromatic nitrogens is 2. The average molecular weight is 247 g/mol. The second kappa shape index (κ2) is 4.19. The summed E-state index contributed by atoms with van der Waals surface area (Å²) in [5.41, 5.74) is 4.91. The molecule has 1 saturated carbocycles. The predicted molar refractivity (Wildman–Crippen MR) is 69.8 cm³/mol. The number of aryl methyl sites for hydroxylation is 1. The zero-order chi connectivity index (χ0) is 11.8. The van der Waals surface area contributed by atoms with Crippen molar-refractivity contribution in [3.05, 3.63) is 47.3 Å². The van der Waals surface area contributed by atoms with E-state index in [1.807, 2.05) is 6.20 Å². The van der Waals surface area contributed by atoms with Crippen molar-refractivity contribution in [2.24, 2.45) is 0 Å². The van der Waals surface area contributed by atoms with Crippen LogP contribution < -0.4 is 0 Å². The third-order valence-corrected chi connectivity index (χ3v) is 3.63. The van der Waals surface area contributed by atoms with Gasteiger partial charge in [-0.3, -0.25) is 0 Å². The van der Waals surface area contributed by atoms with Crippen molar-refractivity contribution in [1.82, 2.24) is 9.78 Å². The number of hydrogen-bond acceptors (Lipinski definition) is 1. The Balaban J connectivity index is 2.14. The molecule has 0 unspecified atom stereocenters. The fourth-order valence-electron chi connectivity index (χ4n) is 2.28. The van der Waals surface area contributed by atoms with Gasteiger partial charge in [-0.05, 0) is 31.4 Å². The topological polar surface area (TPSA) is 17.8 Å². The van der Waals surface area contributed by atoms with E-state index in [1.54, 1.807) is 0 Å². The fourth-order valence-corrected chi connectivity index (χ4v) is 2.49. The van der Waals surface area contributed by atoms with Crippen molar-refractivity contribution >= 4 is 11.6 Å². The quantitative estimate of drug-likeness (QED) is 0.754. The first-order chi connectivity index (χ1) is 8.31. The monoisotopic (exact) mass is 246 g/mol. The summed E-state index contributed by atoms with van der Waals surface area (Å²) in [5.74, 6) is 1.21. The first kappa shape index (κ1) is 10.8. The molecule has 3 rings (SSSR count). The number of halogens is 1. The molecule has 88 valence electrons. The van der Waals surface area contributed by atoms with E-state index < -0.39 is 0 Å². The van der Waals surface area contributed by atoms with Gasteiger partial charge in [0.1, 0.15) is 0 Å². The second-order valence-electron chi connectivity index (χ2n) is 4.66. The van der Waals surface area contributed by atoms with Gasteiger partial charge in [0, 0.05) is 11.5 Å². The highest BCUT2D eigenvalue weighted by Gasteiger charge is 2.30. The Labute approximate surface area is 106 Å². The molecule has 0 N–H and O–H groups in total. The Bertz CT molecular complexity index is 541. The number of benzene rings is 1. The van der Waals surface area contributed by atoms with E-state index in [1.165, 1.54) is 35.3 Å². The molecule has 0 atom stereocenters. The molecule has 2 nitrogen and oxygen atoms in total. The molecule has 1 fully saturated rings. The van der Waals surface area contributed by atoms with Crippen LogP contribution in [0.25, 0.3) is 5.69 Å². The largest absolute Gasteiger partial charge is 0.237 e. The summed E-state index contributed by atoms with van der Waals surface area (Å²) in [7, 11) is 0. The smallest absolute Gasteiger partial charge is 0.0678 e. The third kappa shape index (κ3) is 1.87. The van der Waals surface area contributed by atoms with Crippen molar-refractivity contribution in [3.63, 3.8) is 0 Å². The molecule has 3 heteroatoms. The minimum atomic E-state index is 0.553. The van der Waals surface area contributed by atoms with Gasteiger partial charge in [0.2, 0.25) is 0 Å². The van der Waals surface area contributed by atoms with Gasteiger partial charge >= 0.3 is 0 Å². The highest BCUT2D eigenvalue weighted by molar-refractivity contribution is 6.17. The molecule has 1 aromatic heterocycles. The van der Waals surface area contributed by atoms with Crippen LogP contribution in [0, 0.1) is 6.92 Å². The van der Waals surface area contributed by atoms with Crippen LogP contribution >= 0.6 is 11.6 Å². The standard InChI is InChI=1S/C14H15ClN2/c1-10-4-2-3-5-13(10)17-14(11-6-7-11)12(8-15)9-16-17/h2-5,9,11H,6-8H2,1H3. The predicted octanol–water partition coefficient (Wildman–Crippen LogP) is 3.80. The van der Waals surface area contributed by atoms with Crippen LogP contribution in [0.5, 0.6) is 0 Å². The lowest BCUT2D eigenvalue weighted by Crippen LogP contribution is -2.04. The molecule has 1 aliphatic rings. The maximum atomic E-state index is 5.99. The lowest BCUT2D eigenvalue weighted by atomic mass is 10.1. The number of para-hydroxylation sites is 1. The summed E-state index contributed by atoms with van der Waals surface area (Å²) in [6, 6.07) is 8.35. The van der Waals surface area contributed by atoms with Crippen LogP contribution in [0.2, 0.25) is 0 Å². The van der Waals surface area contributed by atoms with Gasteiger partial charge in [0.25, 0.3) is 0 Å². The van der Waals surface area contributed by atoms with E-state index in [2.05, 4.69) is 41.0 Å². The zero-order valence-corrected chi connectivity index (χ0v) is 10.6. The van der Waals surface area contributed by atoms with Gasteiger partial charge in [-0.15, -0.1) is 11.6 Å². The van der Waals surface area contributed by atoms with E-state index >= 15 is 0 Å². The van der Waals surface area contributed by atoms with Crippen LogP contribution in [0.4, 0.5) is 0 Å². The molecular weight excluding hydrogens is 232 g/mol. The molecule has 1 aliphatic carbocycles. The van der Waals surface area contributed by atoms with Crippen molar-refractivity contribution in [2.75, 3.05) is 0 Å². The molecule has 2 aromatic rings. The molecule has 0 saturated heterocycles. The zero-order valence-electron chi connectivity index (χ0n) is 9.86. The molecule has 1 heterocycles. The van der Waals surface area contributed by atoms with E-state index in [0.29, 0.717) is 11.8 Å². The van der Waals surface area contributed by atoms with E-state index in [4.69, 9.17) is 11.6 Å². The van der Waals surface area contributed by atoms with E-state index in [0.717, 1.165) is 0 Å². The Kier molecular flexibility index (Phi) is 2.67. The first-order valence-corrected chi connectivity index (χ1v) is 6.53. The van der Waals surface area contributed by atoms with E-state index in [9.17, 15) is 0 Å². The highest BCUT2D eigenvalue weighted by atomic mass is 35.5. The Morgan fingerprint density at radius 1 is 1.35 bits per heavy atom. The minimum absolute atomic E-state index is 0.553. The molecule has 0 bridgehead atoms. The Morgan fingerprint density at radius 3 is 2.76 bits per heavy atom. The average Bonchev–Trinajstić information content (AvgIpc) is 3.10. The maximum absolute atomic E-state index is 5.99. The minimum Gasteiger partial charge on any atom is -0.237 e. The van der Waals surface area contributed by atoms with Gasteiger partial charge in [-0.25, -0.2) is 4.68 Å². The van der Waals surface area contributed by atoms with Gasteiger partial charge in [0.05, 0.1) is 23.5 Å². The van der Waals surface area contributed by atoms with Crippen LogP contribution in [-0.4, -0.2) is 9.78 Å². The molecule has 1 aromatic carbocycles. The van der Waals surface area contributed by atoms with Gasteiger partial charge in [-0.1, -0.05) is 18.2 Å². The van der Waals surface area contributed by atoms with Crippen molar-refractivity contribution in [3.8, 4) is 5.69 Å². The SMILES string of the molecule is Cc1ccccc1-n1ncc(CCl)c1C1CC1. The van der Waals surface area contributed by atoms with Crippen LogP contribution in [-0.2, 0) is 5.88 Å². The highest BCUT2D eigenvalue weighted by Crippen LogP contribution is 2.43. The lowest BCUT2D eigenvalue weighted by Gasteiger charge is -2.10. The second-order valence-corrected chi connectivity index (χ2v) is 4.93. The van der Waals surface area contributed by atoms with Gasteiger partial charge < -0.3 is 0 Å². The Morgan fingerprint density at radius 2 is 2.12 bits per heavy atom. The summed E-state index contributed by atoms with van der Waals surface area (Å²) in [6.45, 7) is 2.12. The molecule has 0 aliphatic heterocycles. The number of alkyl halides is 1. The van der Waals surface area contributed by atoms with Crippen LogP contribution in [0.15, 0.2) is 30.5 Å². The van der Waals surface area contributed by atoms with Crippen LogP contribution in [0.3, 0.4) is 0 Å². The Hall–Kier alpha value is -1.28. The summed E-state index contributed by atoms with van der Waals surface area (Å²) >= 11 is 5.99. The molecule has 0 spiro atoms. The number of rotatable bonds is 3. The summed E-state index contributed by atoms with van der Waals surface area (Å²) in [5, 5.41) is 4.51. The first-order valence-electron chi connectivity index (χ1n) is 6.00. The molecule has 0 amide bonds.